The quantitative estimate of drug-likeness (QED) is 0.0906. The topological polar surface area (TPSA) is 83.5 Å². The van der Waals surface area contributed by atoms with Crippen molar-refractivity contribution >= 4 is 23.1 Å². The Morgan fingerprint density at radius 3 is 2.06 bits per heavy atom. The first-order valence-corrected chi connectivity index (χ1v) is 16.1. The summed E-state index contributed by atoms with van der Waals surface area (Å²) >= 11 is 0. The van der Waals surface area contributed by atoms with Gasteiger partial charge >= 0.3 is 11.9 Å². The SMILES string of the molecule is CC/C(=C(/c1ccc(OCC(CN2CCCC2)OC(C)=O)cc1)c1ccc(OC(=O)c2ccccc2)cc1)c1ccc2c(c1)OCO2. The third-order valence-corrected chi connectivity index (χ3v) is 8.31. The number of hydrogen-bond acceptors (Lipinski definition) is 8. The number of hydrogen-bond donors (Lipinski definition) is 0. The number of carbonyl (C=O) groups is 2. The molecule has 2 aliphatic rings. The third-order valence-electron chi connectivity index (χ3n) is 8.31. The Morgan fingerprint density at radius 2 is 1.40 bits per heavy atom. The zero-order valence-corrected chi connectivity index (χ0v) is 26.8. The first-order chi connectivity index (χ1) is 23.0. The Balaban J connectivity index is 1.27. The average Bonchev–Trinajstić information content (AvgIpc) is 3.79. The van der Waals surface area contributed by atoms with Crippen molar-refractivity contribution in [3.8, 4) is 23.0 Å². The van der Waals surface area contributed by atoms with Crippen molar-refractivity contribution in [1.82, 2.24) is 4.90 Å². The zero-order valence-electron chi connectivity index (χ0n) is 26.8. The van der Waals surface area contributed by atoms with Crippen molar-refractivity contribution in [1.29, 1.82) is 0 Å². The Hall–Kier alpha value is -5.08. The monoisotopic (exact) mass is 633 g/mol. The van der Waals surface area contributed by atoms with E-state index in [1.807, 2.05) is 78.9 Å². The van der Waals surface area contributed by atoms with E-state index in [4.69, 9.17) is 23.7 Å². The first-order valence-electron chi connectivity index (χ1n) is 16.1. The van der Waals surface area contributed by atoms with Crippen molar-refractivity contribution in [3.63, 3.8) is 0 Å². The highest BCUT2D eigenvalue weighted by Crippen LogP contribution is 2.40. The Morgan fingerprint density at radius 1 is 0.766 bits per heavy atom. The van der Waals surface area contributed by atoms with Gasteiger partial charge in [-0.2, -0.15) is 0 Å². The van der Waals surface area contributed by atoms with Crippen molar-refractivity contribution in [2.75, 3.05) is 33.0 Å². The molecule has 0 N–H and O–H groups in total. The molecule has 242 valence electrons. The number of allylic oxidation sites excluding steroid dienone is 1. The van der Waals surface area contributed by atoms with Crippen LogP contribution in [-0.4, -0.2) is 56.0 Å². The summed E-state index contributed by atoms with van der Waals surface area (Å²) in [6.07, 6.45) is 2.74. The minimum absolute atomic E-state index is 0.206. The summed E-state index contributed by atoms with van der Waals surface area (Å²) in [6.45, 7) is 6.74. The van der Waals surface area contributed by atoms with Gasteiger partial charge in [0.25, 0.3) is 0 Å². The second-order valence-electron chi connectivity index (χ2n) is 11.6. The molecule has 47 heavy (non-hydrogen) atoms. The number of likely N-dealkylation sites (tertiary alicyclic amines) is 1. The number of benzene rings is 4. The van der Waals surface area contributed by atoms with E-state index in [-0.39, 0.29) is 25.5 Å². The molecule has 8 nitrogen and oxygen atoms in total. The van der Waals surface area contributed by atoms with Crippen LogP contribution in [0.2, 0.25) is 0 Å². The van der Waals surface area contributed by atoms with Gasteiger partial charge in [0, 0.05) is 13.5 Å². The van der Waals surface area contributed by atoms with Crippen LogP contribution in [0.5, 0.6) is 23.0 Å². The standard InChI is InChI=1S/C39H39NO7/c1-3-35(31-15-20-36-37(23-31)45-26-44-36)38(29-13-18-33(19-14-29)47-39(42)30-9-5-4-6-10-30)28-11-16-32(17-12-28)43-25-34(46-27(2)41)24-40-21-7-8-22-40/h4-6,9-20,23,34H,3,7-8,21-22,24-26H2,1-2H3/b38-35+. The fourth-order valence-electron chi connectivity index (χ4n) is 6.07. The van der Waals surface area contributed by atoms with Crippen LogP contribution in [0.25, 0.3) is 11.1 Å². The van der Waals surface area contributed by atoms with Gasteiger partial charge in [0.2, 0.25) is 6.79 Å². The van der Waals surface area contributed by atoms with Gasteiger partial charge in [-0.1, -0.05) is 55.5 Å². The molecule has 2 aliphatic heterocycles. The number of carbonyl (C=O) groups excluding carboxylic acids is 2. The van der Waals surface area contributed by atoms with E-state index in [0.29, 0.717) is 23.6 Å². The Labute approximate surface area is 275 Å². The first kappa shape index (κ1) is 31.9. The smallest absolute Gasteiger partial charge is 0.343 e. The number of rotatable bonds is 12. The van der Waals surface area contributed by atoms with Crippen LogP contribution >= 0.6 is 0 Å². The zero-order chi connectivity index (χ0) is 32.6. The van der Waals surface area contributed by atoms with Crippen LogP contribution in [-0.2, 0) is 9.53 Å². The van der Waals surface area contributed by atoms with E-state index < -0.39 is 5.97 Å². The lowest BCUT2D eigenvalue weighted by molar-refractivity contribution is -0.148. The van der Waals surface area contributed by atoms with Crippen LogP contribution in [0.15, 0.2) is 97.1 Å². The lowest BCUT2D eigenvalue weighted by Gasteiger charge is -2.23. The number of esters is 2. The number of fused-ring (bicyclic) bond motifs is 1. The molecule has 0 aliphatic carbocycles. The molecular formula is C39H39NO7. The summed E-state index contributed by atoms with van der Waals surface area (Å²) in [4.78, 5) is 26.7. The normalized spacial score (nSPS) is 15.1. The molecule has 0 bridgehead atoms. The average molecular weight is 634 g/mol. The molecule has 0 saturated carbocycles. The molecule has 2 heterocycles. The molecule has 8 heteroatoms. The minimum atomic E-state index is -0.407. The minimum Gasteiger partial charge on any atom is -0.490 e. The molecule has 4 aromatic rings. The molecule has 1 saturated heterocycles. The molecule has 0 amide bonds. The van der Waals surface area contributed by atoms with E-state index in [9.17, 15) is 9.59 Å². The Bertz CT molecular complexity index is 1710. The number of nitrogens with zero attached hydrogens (tertiary/aromatic N) is 1. The molecule has 1 fully saturated rings. The Kier molecular flexibility index (Phi) is 10.2. The highest BCUT2D eigenvalue weighted by molar-refractivity contribution is 5.99. The highest BCUT2D eigenvalue weighted by atomic mass is 16.7. The summed E-state index contributed by atoms with van der Waals surface area (Å²) in [5.41, 5.74) is 5.63. The van der Waals surface area contributed by atoms with Gasteiger partial charge in [0.15, 0.2) is 11.5 Å². The summed E-state index contributed by atoms with van der Waals surface area (Å²) in [7, 11) is 0. The maximum atomic E-state index is 12.7. The predicted octanol–water partition coefficient (Wildman–Crippen LogP) is 7.41. The largest absolute Gasteiger partial charge is 0.490 e. The van der Waals surface area contributed by atoms with Gasteiger partial charge in [-0.15, -0.1) is 0 Å². The predicted molar refractivity (Wildman–Crippen MR) is 180 cm³/mol. The molecule has 1 atom stereocenters. The fraction of sp³-hybridized carbons (Fsp3) is 0.282. The van der Waals surface area contributed by atoms with Crippen molar-refractivity contribution < 1.29 is 33.3 Å². The van der Waals surface area contributed by atoms with E-state index in [2.05, 4.69) is 17.9 Å². The van der Waals surface area contributed by atoms with Gasteiger partial charge in [-0.25, -0.2) is 4.79 Å². The van der Waals surface area contributed by atoms with Crippen LogP contribution in [0.1, 0.15) is 60.2 Å². The van der Waals surface area contributed by atoms with E-state index in [1.54, 1.807) is 12.1 Å². The van der Waals surface area contributed by atoms with Crippen molar-refractivity contribution in [2.45, 2.75) is 39.2 Å². The molecule has 0 radical (unpaired) electrons. The lowest BCUT2D eigenvalue weighted by atomic mass is 9.88. The maximum absolute atomic E-state index is 12.7. The number of ether oxygens (including phenoxy) is 5. The maximum Gasteiger partial charge on any atom is 0.343 e. The van der Waals surface area contributed by atoms with Gasteiger partial charge < -0.3 is 23.7 Å². The fourth-order valence-corrected chi connectivity index (χ4v) is 6.07. The molecule has 0 spiro atoms. The van der Waals surface area contributed by atoms with E-state index >= 15 is 0 Å². The van der Waals surface area contributed by atoms with Crippen LogP contribution < -0.4 is 18.9 Å². The van der Waals surface area contributed by atoms with Crippen LogP contribution in [0.3, 0.4) is 0 Å². The van der Waals surface area contributed by atoms with Crippen molar-refractivity contribution in [2.24, 2.45) is 0 Å². The van der Waals surface area contributed by atoms with Crippen molar-refractivity contribution in [3.05, 3.63) is 119 Å². The summed E-state index contributed by atoms with van der Waals surface area (Å²) in [5.74, 6) is 1.89. The van der Waals surface area contributed by atoms with Crippen LogP contribution in [0, 0.1) is 0 Å². The van der Waals surface area contributed by atoms with Crippen LogP contribution in [0.4, 0.5) is 0 Å². The molecule has 0 aromatic heterocycles. The van der Waals surface area contributed by atoms with E-state index in [0.717, 1.165) is 58.8 Å². The van der Waals surface area contributed by atoms with Gasteiger partial charge in [-0.05, 0) is 109 Å². The molecule has 6 rings (SSSR count). The summed E-state index contributed by atoms with van der Waals surface area (Å²) in [6, 6.07) is 30.5. The summed E-state index contributed by atoms with van der Waals surface area (Å²) < 4.78 is 28.6. The second-order valence-corrected chi connectivity index (χ2v) is 11.6. The lowest BCUT2D eigenvalue weighted by Crippen LogP contribution is -2.36. The molecular weight excluding hydrogens is 594 g/mol. The second kappa shape index (κ2) is 15.0. The molecule has 4 aromatic carbocycles. The van der Waals surface area contributed by atoms with E-state index in [1.165, 1.54) is 19.8 Å². The van der Waals surface area contributed by atoms with Gasteiger partial charge in [-0.3, -0.25) is 9.69 Å². The molecule has 1 unspecified atom stereocenters. The third kappa shape index (κ3) is 8.02. The highest BCUT2D eigenvalue weighted by Gasteiger charge is 2.22. The summed E-state index contributed by atoms with van der Waals surface area (Å²) in [5, 5.41) is 0. The van der Waals surface area contributed by atoms with Gasteiger partial charge in [0.05, 0.1) is 5.56 Å². The van der Waals surface area contributed by atoms with Gasteiger partial charge in [0.1, 0.15) is 24.2 Å².